The van der Waals surface area contributed by atoms with E-state index in [-0.39, 0.29) is 6.04 Å². The quantitative estimate of drug-likeness (QED) is 0.326. The minimum atomic E-state index is -1.51. The van der Waals surface area contributed by atoms with Crippen LogP contribution in [-0.4, -0.2) is 32.4 Å². The van der Waals surface area contributed by atoms with E-state index in [2.05, 4.69) is 63.8 Å². The highest BCUT2D eigenvalue weighted by atomic mass is 28.3. The molecule has 0 rings (SSSR count). The molecular weight excluding hydrogens is 236 g/mol. The van der Waals surface area contributed by atoms with E-state index in [1.165, 1.54) is 0 Å². The molecule has 0 spiro atoms. The van der Waals surface area contributed by atoms with Crippen LogP contribution in [0.3, 0.4) is 0 Å². The van der Waals surface area contributed by atoms with Crippen molar-refractivity contribution in [2.45, 2.75) is 58.8 Å². The Balaban J connectivity index is 4.78. The molecule has 0 aliphatic heterocycles. The molecule has 1 atom stereocenters. The third kappa shape index (κ3) is 5.55. The van der Waals surface area contributed by atoms with E-state index in [1.54, 1.807) is 6.34 Å². The molecule has 0 aromatic carbocycles. The average Bonchev–Trinajstić information content (AvgIpc) is 2.20. The smallest absolute Gasteiger partial charge is 0.137 e. The minimum Gasteiger partial charge on any atom is -0.352 e. The van der Waals surface area contributed by atoms with Gasteiger partial charge in [0.05, 0.1) is 12.4 Å². The highest BCUT2D eigenvalue weighted by Gasteiger charge is 2.33. The third-order valence-electron chi connectivity index (χ3n) is 3.54. The van der Waals surface area contributed by atoms with Crippen molar-refractivity contribution in [3.8, 4) is 11.5 Å². The topological polar surface area (TPSA) is 15.6 Å². The van der Waals surface area contributed by atoms with Crippen molar-refractivity contribution in [1.82, 2.24) is 4.90 Å². The van der Waals surface area contributed by atoms with Crippen molar-refractivity contribution in [1.29, 1.82) is 0 Å². The molecule has 102 valence electrons. The Morgan fingerprint density at radius 3 is 2.28 bits per heavy atom. The maximum absolute atomic E-state index is 4.19. The van der Waals surface area contributed by atoms with E-state index < -0.39 is 8.07 Å². The lowest BCUT2D eigenvalue weighted by Gasteiger charge is -2.32. The van der Waals surface area contributed by atoms with Crippen LogP contribution in [0.15, 0.2) is 17.3 Å². The summed E-state index contributed by atoms with van der Waals surface area (Å²) >= 11 is 0. The van der Waals surface area contributed by atoms with Crippen LogP contribution in [0, 0.1) is 11.5 Å². The molecule has 0 bridgehead atoms. The van der Waals surface area contributed by atoms with Crippen LogP contribution in [0.2, 0.25) is 18.1 Å². The summed E-state index contributed by atoms with van der Waals surface area (Å²) in [7, 11) is 0.489. The summed E-state index contributed by atoms with van der Waals surface area (Å²) < 4.78 is 0. The van der Waals surface area contributed by atoms with Crippen molar-refractivity contribution < 1.29 is 0 Å². The van der Waals surface area contributed by atoms with Crippen molar-refractivity contribution >= 4 is 14.4 Å². The molecule has 0 radical (unpaired) electrons. The first-order valence-electron chi connectivity index (χ1n) is 6.41. The fraction of sp³-hybridized carbons (Fsp3) is 0.667. The Labute approximate surface area is 114 Å². The highest BCUT2D eigenvalue weighted by Crippen LogP contribution is 2.35. The summed E-state index contributed by atoms with van der Waals surface area (Å²) in [5, 5.41) is 0.310. The lowest BCUT2D eigenvalue weighted by atomic mass is 10.2. The largest absolute Gasteiger partial charge is 0.352 e. The van der Waals surface area contributed by atoms with E-state index in [9.17, 15) is 0 Å². The third-order valence-corrected chi connectivity index (χ3v) is 8.06. The van der Waals surface area contributed by atoms with Gasteiger partial charge in [-0.1, -0.05) is 46.4 Å². The summed E-state index contributed by atoms with van der Waals surface area (Å²) in [6.45, 7) is 19.2. The molecule has 3 heteroatoms. The predicted octanol–water partition coefficient (Wildman–Crippen LogP) is 3.92. The fourth-order valence-electron chi connectivity index (χ4n) is 0.864. The van der Waals surface area contributed by atoms with E-state index in [1.807, 2.05) is 18.9 Å². The number of rotatable bonds is 3. The Kier molecular flexibility index (Phi) is 5.89. The molecular formula is C15H28N2Si. The Morgan fingerprint density at radius 2 is 1.89 bits per heavy atom. The molecule has 0 N–H and O–H groups in total. The zero-order valence-corrected chi connectivity index (χ0v) is 14.3. The van der Waals surface area contributed by atoms with Gasteiger partial charge >= 0.3 is 0 Å². The second kappa shape index (κ2) is 6.24. The van der Waals surface area contributed by atoms with Crippen LogP contribution >= 0.6 is 0 Å². The van der Waals surface area contributed by atoms with E-state index >= 15 is 0 Å². The number of hydrogen-bond donors (Lipinski definition) is 0. The Bertz CT molecular complexity index is 378. The number of nitrogens with zero attached hydrogens (tertiary/aromatic N) is 2. The van der Waals surface area contributed by atoms with Crippen LogP contribution in [0.1, 0.15) is 34.6 Å². The number of aliphatic imine (C=N–C) groups is 1. The summed E-state index contributed by atoms with van der Waals surface area (Å²) in [6, 6.07) is 0.183. The zero-order valence-electron chi connectivity index (χ0n) is 13.3. The molecule has 2 nitrogen and oxygen atoms in total. The van der Waals surface area contributed by atoms with E-state index in [0.29, 0.717) is 5.04 Å². The van der Waals surface area contributed by atoms with Crippen molar-refractivity contribution in [3.63, 3.8) is 0 Å². The monoisotopic (exact) mass is 264 g/mol. The lowest BCUT2D eigenvalue weighted by Crippen LogP contribution is -2.36. The van der Waals surface area contributed by atoms with Crippen molar-refractivity contribution in [2.24, 2.45) is 4.99 Å². The normalized spacial score (nSPS) is 14.0. The van der Waals surface area contributed by atoms with Gasteiger partial charge in [0.1, 0.15) is 8.07 Å². The van der Waals surface area contributed by atoms with Gasteiger partial charge < -0.3 is 4.90 Å². The summed E-state index contributed by atoms with van der Waals surface area (Å²) in [4.78, 5) is 6.21. The van der Waals surface area contributed by atoms with Crippen LogP contribution < -0.4 is 0 Å². The predicted molar refractivity (Wildman–Crippen MR) is 85.5 cm³/mol. The number of hydrogen-bond acceptors (Lipinski definition) is 1. The molecule has 0 fully saturated rings. The van der Waals surface area contributed by atoms with Crippen molar-refractivity contribution in [3.05, 3.63) is 12.3 Å². The summed E-state index contributed by atoms with van der Waals surface area (Å²) in [6.07, 6.45) is 1.80. The van der Waals surface area contributed by atoms with Gasteiger partial charge in [-0.2, -0.15) is 0 Å². The molecule has 18 heavy (non-hydrogen) atoms. The second-order valence-corrected chi connectivity index (χ2v) is 11.5. The maximum atomic E-state index is 4.19. The summed E-state index contributed by atoms with van der Waals surface area (Å²) in [5.74, 6) is 3.37. The first-order valence-corrected chi connectivity index (χ1v) is 9.41. The van der Waals surface area contributed by atoms with Gasteiger partial charge in [-0.25, -0.2) is 4.99 Å². The molecule has 0 amide bonds. The molecule has 0 aromatic heterocycles. The molecule has 0 aliphatic rings. The molecule has 0 saturated heterocycles. The van der Waals surface area contributed by atoms with Crippen LogP contribution in [-0.2, 0) is 0 Å². The van der Waals surface area contributed by atoms with Gasteiger partial charge in [-0.15, -0.1) is 5.54 Å². The van der Waals surface area contributed by atoms with Crippen molar-refractivity contribution in [2.75, 3.05) is 7.05 Å². The Hall–Kier alpha value is -1.01. The van der Waals surface area contributed by atoms with Crippen LogP contribution in [0.4, 0.5) is 0 Å². The standard InChI is InChI=1S/C15H28N2Si/c1-13(2)16-12-17(7)14(3)10-11-18(8,9)15(4,5)6/h12,14H,1H2,2-9H3/b16-12-. The summed E-state index contributed by atoms with van der Waals surface area (Å²) in [5.41, 5.74) is 4.34. The highest BCUT2D eigenvalue weighted by molar-refractivity contribution is 6.87. The first kappa shape index (κ1) is 17.0. The van der Waals surface area contributed by atoms with E-state index in [0.717, 1.165) is 5.70 Å². The van der Waals surface area contributed by atoms with Gasteiger partial charge in [0, 0.05) is 12.7 Å². The fourth-order valence-corrected chi connectivity index (χ4v) is 1.81. The van der Waals surface area contributed by atoms with Gasteiger partial charge in [-0.05, 0) is 18.9 Å². The first-order chi connectivity index (χ1) is 7.97. The van der Waals surface area contributed by atoms with Crippen LogP contribution in [0.5, 0.6) is 0 Å². The molecule has 0 saturated carbocycles. The van der Waals surface area contributed by atoms with E-state index in [4.69, 9.17) is 0 Å². The van der Waals surface area contributed by atoms with Gasteiger partial charge in [0.15, 0.2) is 0 Å². The molecule has 0 aromatic rings. The minimum absolute atomic E-state index is 0.183. The molecule has 0 heterocycles. The zero-order chi connectivity index (χ0) is 14.6. The van der Waals surface area contributed by atoms with Gasteiger partial charge in [0.2, 0.25) is 0 Å². The van der Waals surface area contributed by atoms with Gasteiger partial charge in [0.25, 0.3) is 0 Å². The molecule has 1 unspecified atom stereocenters. The SMILES string of the molecule is C=C(C)/N=C\N(C)C(C)C#C[Si](C)(C)C(C)(C)C. The maximum Gasteiger partial charge on any atom is 0.137 e. The number of allylic oxidation sites excluding steroid dienone is 1. The Morgan fingerprint density at radius 1 is 1.39 bits per heavy atom. The van der Waals surface area contributed by atoms with Crippen LogP contribution in [0.25, 0.3) is 0 Å². The lowest BCUT2D eigenvalue weighted by molar-refractivity contribution is 0.477. The average molecular weight is 264 g/mol. The molecule has 0 aliphatic carbocycles. The second-order valence-electron chi connectivity index (χ2n) is 6.47. The van der Waals surface area contributed by atoms with Gasteiger partial charge in [-0.3, -0.25) is 0 Å².